The predicted octanol–water partition coefficient (Wildman–Crippen LogP) is 4.37. The molecule has 1 fully saturated rings. The van der Waals surface area contributed by atoms with Crippen LogP contribution >= 0.6 is 15.9 Å². The van der Waals surface area contributed by atoms with Crippen molar-refractivity contribution in [3.8, 4) is 17.2 Å². The Hall–Kier alpha value is -2.74. The first kappa shape index (κ1) is 20.5. The number of ether oxygens (including phenoxy) is 3. The number of aromatic amines is 1. The zero-order chi connectivity index (χ0) is 21.3. The molecule has 1 N–H and O–H groups in total. The number of halogens is 1. The van der Waals surface area contributed by atoms with Gasteiger partial charge < -0.3 is 24.1 Å². The van der Waals surface area contributed by atoms with E-state index in [1.54, 1.807) is 6.07 Å². The molecule has 30 heavy (non-hydrogen) atoms. The topological polar surface area (TPSA) is 76.7 Å². The molecule has 1 aliphatic heterocycles. The van der Waals surface area contributed by atoms with Crippen molar-refractivity contribution in [1.82, 2.24) is 14.9 Å². The second kappa shape index (κ2) is 8.55. The van der Waals surface area contributed by atoms with Crippen LogP contribution in [0.1, 0.15) is 34.9 Å². The number of H-pyrrole nitrogens is 1. The predicted molar refractivity (Wildman–Crippen MR) is 118 cm³/mol. The number of likely N-dealkylation sites (tertiary alicyclic amines) is 1. The summed E-state index contributed by atoms with van der Waals surface area (Å²) in [7, 11) is 4.62. The third-order valence-electron chi connectivity index (χ3n) is 5.58. The van der Waals surface area contributed by atoms with Crippen LogP contribution in [-0.2, 0) is 0 Å². The molecule has 4 rings (SSSR count). The number of aromatic nitrogens is 2. The molecule has 0 radical (unpaired) electrons. The molecule has 1 amide bonds. The van der Waals surface area contributed by atoms with Crippen molar-refractivity contribution in [2.45, 2.75) is 18.8 Å². The highest BCUT2D eigenvalue weighted by Gasteiger charge is 2.30. The normalized spacial score (nSPS) is 14.7. The van der Waals surface area contributed by atoms with Gasteiger partial charge in [-0.05, 0) is 47.0 Å². The lowest BCUT2D eigenvalue weighted by Gasteiger charge is -2.31. The number of carbonyl (C=O) groups is 1. The van der Waals surface area contributed by atoms with E-state index in [4.69, 9.17) is 19.2 Å². The van der Waals surface area contributed by atoms with E-state index in [2.05, 4.69) is 20.9 Å². The molecule has 0 bridgehead atoms. The Morgan fingerprint density at radius 1 is 1.10 bits per heavy atom. The van der Waals surface area contributed by atoms with Crippen molar-refractivity contribution in [3.63, 3.8) is 0 Å². The number of piperidine rings is 1. The Labute approximate surface area is 183 Å². The van der Waals surface area contributed by atoms with E-state index in [0.717, 1.165) is 29.7 Å². The molecule has 3 aromatic rings. The Bertz CT molecular complexity index is 1040. The number of rotatable bonds is 5. The number of nitrogens with one attached hydrogen (secondary N) is 1. The molecular weight excluding hydrogens is 450 g/mol. The van der Waals surface area contributed by atoms with Gasteiger partial charge in [-0.2, -0.15) is 0 Å². The number of methoxy groups -OCH3 is 3. The summed E-state index contributed by atoms with van der Waals surface area (Å²) in [5, 5.41) is 0. The number of carbonyl (C=O) groups excluding carboxylic acids is 1. The van der Waals surface area contributed by atoms with Crippen LogP contribution in [0.5, 0.6) is 17.2 Å². The molecular formula is C22H24BrN3O4. The minimum atomic E-state index is -0.0656. The van der Waals surface area contributed by atoms with Crippen LogP contribution in [-0.4, -0.2) is 55.2 Å². The largest absolute Gasteiger partial charge is 0.493 e. The van der Waals surface area contributed by atoms with E-state index in [0.29, 0.717) is 46.3 Å². The maximum Gasteiger partial charge on any atom is 0.255 e. The lowest BCUT2D eigenvalue weighted by atomic mass is 9.95. The molecule has 0 aliphatic carbocycles. The van der Waals surface area contributed by atoms with Crippen LogP contribution in [0, 0.1) is 0 Å². The summed E-state index contributed by atoms with van der Waals surface area (Å²) < 4.78 is 16.8. The molecule has 1 aliphatic rings. The Morgan fingerprint density at radius 3 is 2.43 bits per heavy atom. The van der Waals surface area contributed by atoms with E-state index in [1.165, 1.54) is 21.3 Å². The van der Waals surface area contributed by atoms with Crippen molar-refractivity contribution in [1.29, 1.82) is 0 Å². The van der Waals surface area contributed by atoms with Crippen molar-refractivity contribution in [2.24, 2.45) is 0 Å². The summed E-state index contributed by atoms with van der Waals surface area (Å²) in [5.41, 5.74) is 2.52. The molecule has 2 aromatic carbocycles. The standard InChI is InChI=1S/C22H24BrN3O4/c1-28-17-12-14(18(23)20(30-3)19(17)29-2)22(27)26-10-8-13(9-11-26)21-24-15-6-4-5-7-16(15)25-21/h4-7,12-13H,8-11H2,1-3H3,(H,24,25). The Balaban J connectivity index is 1.53. The summed E-state index contributed by atoms with van der Waals surface area (Å²) in [6, 6.07) is 9.73. The first-order valence-corrected chi connectivity index (χ1v) is 10.6. The molecule has 1 saturated heterocycles. The van der Waals surface area contributed by atoms with Gasteiger partial charge in [0.1, 0.15) is 5.82 Å². The Kier molecular flexibility index (Phi) is 5.85. The number of para-hydroxylation sites is 2. The second-order valence-corrected chi connectivity index (χ2v) is 8.01. The van der Waals surface area contributed by atoms with Crippen molar-refractivity contribution >= 4 is 32.9 Å². The lowest BCUT2D eigenvalue weighted by Crippen LogP contribution is -2.38. The number of amides is 1. The summed E-state index contributed by atoms with van der Waals surface area (Å²) in [5.74, 6) is 2.59. The van der Waals surface area contributed by atoms with Crippen LogP contribution in [0.15, 0.2) is 34.8 Å². The molecule has 1 aromatic heterocycles. The highest BCUT2D eigenvalue weighted by molar-refractivity contribution is 9.10. The quantitative estimate of drug-likeness (QED) is 0.595. The maximum atomic E-state index is 13.3. The molecule has 0 spiro atoms. The minimum absolute atomic E-state index is 0.0656. The zero-order valence-electron chi connectivity index (χ0n) is 17.2. The van der Waals surface area contributed by atoms with Gasteiger partial charge in [0.15, 0.2) is 11.5 Å². The summed E-state index contributed by atoms with van der Waals surface area (Å²) in [4.78, 5) is 23.3. The number of fused-ring (bicyclic) bond motifs is 1. The van der Waals surface area contributed by atoms with Crippen LogP contribution < -0.4 is 14.2 Å². The van der Waals surface area contributed by atoms with E-state index < -0.39 is 0 Å². The van der Waals surface area contributed by atoms with E-state index in [9.17, 15) is 4.79 Å². The van der Waals surface area contributed by atoms with Gasteiger partial charge in [-0.15, -0.1) is 0 Å². The van der Waals surface area contributed by atoms with Crippen molar-refractivity contribution in [2.75, 3.05) is 34.4 Å². The van der Waals surface area contributed by atoms with Gasteiger partial charge in [-0.3, -0.25) is 4.79 Å². The molecule has 8 heteroatoms. The molecule has 0 saturated carbocycles. The molecule has 7 nitrogen and oxygen atoms in total. The molecule has 0 unspecified atom stereocenters. The number of imidazole rings is 1. The van der Waals surface area contributed by atoms with Crippen LogP contribution in [0.4, 0.5) is 0 Å². The highest BCUT2D eigenvalue weighted by atomic mass is 79.9. The number of hydrogen-bond donors (Lipinski definition) is 1. The van der Waals surface area contributed by atoms with Gasteiger partial charge in [0.25, 0.3) is 5.91 Å². The smallest absolute Gasteiger partial charge is 0.255 e. The van der Waals surface area contributed by atoms with E-state index in [-0.39, 0.29) is 5.91 Å². The lowest BCUT2D eigenvalue weighted by molar-refractivity contribution is 0.0709. The third kappa shape index (κ3) is 3.60. The van der Waals surface area contributed by atoms with Gasteiger partial charge in [-0.1, -0.05) is 12.1 Å². The third-order valence-corrected chi connectivity index (χ3v) is 6.36. The van der Waals surface area contributed by atoms with Gasteiger partial charge >= 0.3 is 0 Å². The monoisotopic (exact) mass is 473 g/mol. The molecule has 0 atom stereocenters. The number of hydrogen-bond acceptors (Lipinski definition) is 5. The number of nitrogens with zero attached hydrogens (tertiary/aromatic N) is 2. The number of benzene rings is 2. The fraction of sp³-hybridized carbons (Fsp3) is 0.364. The van der Waals surface area contributed by atoms with Crippen LogP contribution in [0.25, 0.3) is 11.0 Å². The second-order valence-electron chi connectivity index (χ2n) is 7.21. The minimum Gasteiger partial charge on any atom is -0.493 e. The first-order valence-electron chi connectivity index (χ1n) is 9.79. The average Bonchev–Trinajstić information content (AvgIpc) is 3.22. The van der Waals surface area contributed by atoms with Crippen molar-refractivity contribution < 1.29 is 19.0 Å². The van der Waals surface area contributed by atoms with Crippen LogP contribution in [0.2, 0.25) is 0 Å². The molecule has 158 valence electrons. The SMILES string of the molecule is COc1cc(C(=O)N2CCC(c3nc4ccccc4[nH]3)CC2)c(Br)c(OC)c1OC. The summed E-state index contributed by atoms with van der Waals surface area (Å²) in [6.07, 6.45) is 1.71. The average molecular weight is 474 g/mol. The van der Waals surface area contributed by atoms with Crippen molar-refractivity contribution in [3.05, 3.63) is 46.2 Å². The van der Waals surface area contributed by atoms with Gasteiger partial charge in [0.05, 0.1) is 42.4 Å². The maximum absolute atomic E-state index is 13.3. The fourth-order valence-electron chi connectivity index (χ4n) is 3.97. The summed E-state index contributed by atoms with van der Waals surface area (Å²) in [6.45, 7) is 1.31. The van der Waals surface area contributed by atoms with Gasteiger partial charge in [0, 0.05) is 19.0 Å². The van der Waals surface area contributed by atoms with E-state index >= 15 is 0 Å². The van der Waals surface area contributed by atoms with Crippen LogP contribution in [0.3, 0.4) is 0 Å². The molecule has 2 heterocycles. The highest BCUT2D eigenvalue weighted by Crippen LogP contribution is 2.45. The summed E-state index contributed by atoms with van der Waals surface area (Å²) >= 11 is 3.51. The fourth-order valence-corrected chi connectivity index (χ4v) is 4.59. The zero-order valence-corrected chi connectivity index (χ0v) is 18.8. The van der Waals surface area contributed by atoms with E-state index in [1.807, 2.05) is 29.2 Å². The van der Waals surface area contributed by atoms with Gasteiger partial charge in [-0.25, -0.2) is 4.98 Å². The first-order chi connectivity index (χ1) is 14.6. The van der Waals surface area contributed by atoms with Gasteiger partial charge in [0.2, 0.25) is 5.75 Å². The Morgan fingerprint density at radius 2 is 1.80 bits per heavy atom.